The molecule has 0 spiro atoms. The summed E-state index contributed by atoms with van der Waals surface area (Å²) in [5.74, 6) is 0. The molecule has 1 heterocycles. The Morgan fingerprint density at radius 2 is 1.61 bits per heavy atom. The van der Waals surface area contributed by atoms with Crippen LogP contribution in [0.15, 0.2) is 5.10 Å². The fraction of sp³-hybridized carbons (Fsp3) is 0.846. The SMILES string of the molecule is C[Si]1(C)CCC[Si](C)(C)N1N=CCCCCC=O. The van der Waals surface area contributed by atoms with Gasteiger partial charge in [0.1, 0.15) is 6.29 Å². The maximum Gasteiger partial charge on any atom is 0.161 e. The van der Waals surface area contributed by atoms with Crippen molar-refractivity contribution in [1.29, 1.82) is 0 Å². The normalized spacial score (nSPS) is 22.3. The van der Waals surface area contributed by atoms with Crippen molar-refractivity contribution in [2.45, 2.75) is 70.4 Å². The Balaban J connectivity index is 2.50. The Kier molecular flexibility index (Phi) is 5.78. The number of unbranched alkanes of at least 4 members (excludes halogenated alkanes) is 3. The van der Waals surface area contributed by atoms with E-state index in [-0.39, 0.29) is 0 Å². The van der Waals surface area contributed by atoms with Crippen molar-refractivity contribution in [2.75, 3.05) is 0 Å². The second-order valence-electron chi connectivity index (χ2n) is 6.54. The van der Waals surface area contributed by atoms with Gasteiger partial charge in [0.25, 0.3) is 0 Å². The second kappa shape index (κ2) is 6.66. The summed E-state index contributed by atoms with van der Waals surface area (Å²) in [6.07, 6.45) is 8.30. The van der Waals surface area contributed by atoms with Crippen molar-refractivity contribution in [1.82, 2.24) is 4.34 Å². The molecule has 0 atom stereocenters. The molecular weight excluding hydrogens is 256 g/mol. The van der Waals surface area contributed by atoms with Gasteiger partial charge in [-0.1, -0.05) is 32.6 Å². The van der Waals surface area contributed by atoms with Crippen LogP contribution in [0.1, 0.15) is 32.1 Å². The lowest BCUT2D eigenvalue weighted by Gasteiger charge is -2.49. The molecule has 0 aromatic rings. The zero-order chi connectivity index (χ0) is 13.6. The summed E-state index contributed by atoms with van der Waals surface area (Å²) in [5, 5.41) is 4.83. The summed E-state index contributed by atoms with van der Waals surface area (Å²) in [6.45, 7) is 9.80. The molecule has 0 saturated carbocycles. The van der Waals surface area contributed by atoms with Crippen LogP contribution >= 0.6 is 0 Å². The average molecular weight is 285 g/mol. The Bertz CT molecular complexity index is 287. The van der Waals surface area contributed by atoms with E-state index in [9.17, 15) is 4.79 Å². The van der Waals surface area contributed by atoms with Crippen LogP contribution in [0.4, 0.5) is 0 Å². The monoisotopic (exact) mass is 284 g/mol. The second-order valence-corrected chi connectivity index (χ2v) is 16.1. The predicted octanol–water partition coefficient (Wildman–Crippen LogP) is 3.85. The number of hydrogen-bond acceptors (Lipinski definition) is 3. The Morgan fingerprint density at radius 3 is 2.17 bits per heavy atom. The molecule has 1 saturated heterocycles. The maximum atomic E-state index is 10.2. The summed E-state index contributed by atoms with van der Waals surface area (Å²) < 4.78 is 2.56. The van der Waals surface area contributed by atoms with Gasteiger partial charge in [0.2, 0.25) is 0 Å². The van der Waals surface area contributed by atoms with Gasteiger partial charge in [-0.3, -0.25) is 0 Å². The van der Waals surface area contributed by atoms with Crippen molar-refractivity contribution in [3.8, 4) is 0 Å². The molecule has 5 heteroatoms. The highest BCUT2D eigenvalue weighted by Gasteiger charge is 2.43. The van der Waals surface area contributed by atoms with E-state index in [2.05, 4.69) is 36.7 Å². The van der Waals surface area contributed by atoms with Crippen LogP contribution in [0.2, 0.25) is 38.3 Å². The standard InChI is InChI=1S/C13H28N2OSi2/c1-17(2)12-9-13-18(3,4)15(17)14-10-7-5-6-8-11-16/h10-11H,5-9,12-13H2,1-4H3. The van der Waals surface area contributed by atoms with Gasteiger partial charge in [0.05, 0.1) is 0 Å². The molecule has 18 heavy (non-hydrogen) atoms. The summed E-state index contributed by atoms with van der Waals surface area (Å²) >= 11 is 0. The number of aldehydes is 1. The van der Waals surface area contributed by atoms with Crippen LogP contribution in [0.25, 0.3) is 0 Å². The third-order valence-electron chi connectivity index (χ3n) is 3.83. The fourth-order valence-electron chi connectivity index (χ4n) is 2.90. The van der Waals surface area contributed by atoms with Gasteiger partial charge in [-0.25, -0.2) is 5.10 Å². The lowest BCUT2D eigenvalue weighted by molar-refractivity contribution is -0.107. The van der Waals surface area contributed by atoms with Gasteiger partial charge in [-0.2, -0.15) is 0 Å². The van der Waals surface area contributed by atoms with Crippen molar-refractivity contribution < 1.29 is 4.79 Å². The molecule has 1 rings (SSSR count). The number of rotatable bonds is 6. The lowest BCUT2D eigenvalue weighted by atomic mass is 10.2. The molecule has 1 fully saturated rings. The summed E-state index contributed by atoms with van der Waals surface area (Å²) in [7, 11) is -2.58. The summed E-state index contributed by atoms with van der Waals surface area (Å²) in [4.78, 5) is 10.2. The highest BCUT2D eigenvalue weighted by Crippen LogP contribution is 2.34. The van der Waals surface area contributed by atoms with E-state index in [0.29, 0.717) is 6.42 Å². The maximum absolute atomic E-state index is 10.2. The highest BCUT2D eigenvalue weighted by atomic mass is 28.4. The Labute approximate surface area is 114 Å². The topological polar surface area (TPSA) is 32.7 Å². The number of carbonyl (C=O) groups is 1. The first-order chi connectivity index (χ1) is 8.40. The van der Waals surface area contributed by atoms with Crippen molar-refractivity contribution in [3.63, 3.8) is 0 Å². The molecule has 0 amide bonds. The van der Waals surface area contributed by atoms with E-state index in [1.165, 1.54) is 18.5 Å². The van der Waals surface area contributed by atoms with Crippen LogP contribution in [0.5, 0.6) is 0 Å². The molecule has 1 aliphatic rings. The minimum atomic E-state index is -1.29. The quantitative estimate of drug-likeness (QED) is 0.321. The van der Waals surface area contributed by atoms with Crippen LogP contribution in [0.3, 0.4) is 0 Å². The van der Waals surface area contributed by atoms with Crippen molar-refractivity contribution >= 4 is 29.0 Å². The van der Waals surface area contributed by atoms with Crippen LogP contribution in [-0.2, 0) is 4.79 Å². The van der Waals surface area contributed by atoms with Gasteiger partial charge >= 0.3 is 0 Å². The van der Waals surface area contributed by atoms with Crippen LogP contribution < -0.4 is 0 Å². The van der Waals surface area contributed by atoms with E-state index in [0.717, 1.165) is 25.5 Å². The average Bonchev–Trinajstić information content (AvgIpc) is 2.25. The predicted molar refractivity (Wildman–Crippen MR) is 84.1 cm³/mol. The number of carbonyl (C=O) groups excluding carboxylic acids is 1. The summed E-state index contributed by atoms with van der Waals surface area (Å²) in [6, 6.07) is 2.76. The van der Waals surface area contributed by atoms with Gasteiger partial charge in [-0.15, -0.1) is 0 Å². The largest absolute Gasteiger partial charge is 0.350 e. The molecule has 0 bridgehead atoms. The first-order valence-electron chi connectivity index (χ1n) is 7.16. The van der Waals surface area contributed by atoms with Crippen LogP contribution in [0, 0.1) is 0 Å². The lowest BCUT2D eigenvalue weighted by Crippen LogP contribution is -2.61. The smallest absolute Gasteiger partial charge is 0.161 e. The first-order valence-corrected chi connectivity index (χ1v) is 13.5. The fourth-order valence-corrected chi connectivity index (χ4v) is 13.8. The number of nitrogens with zero attached hydrogens (tertiary/aromatic N) is 2. The molecule has 0 aliphatic carbocycles. The molecular formula is C13H28N2OSi2. The first kappa shape index (κ1) is 15.6. The minimum absolute atomic E-state index is 0.693. The molecule has 104 valence electrons. The molecule has 0 radical (unpaired) electrons. The van der Waals surface area contributed by atoms with E-state index in [1.54, 1.807) is 0 Å². The zero-order valence-electron chi connectivity index (χ0n) is 12.4. The number of hydrazone groups is 1. The number of hydrogen-bond donors (Lipinski definition) is 0. The third kappa shape index (κ3) is 4.35. The van der Waals surface area contributed by atoms with Crippen molar-refractivity contribution in [2.24, 2.45) is 5.10 Å². The van der Waals surface area contributed by atoms with Gasteiger partial charge in [0, 0.05) is 12.6 Å². The van der Waals surface area contributed by atoms with Gasteiger partial charge in [0.15, 0.2) is 16.5 Å². The molecule has 1 aliphatic heterocycles. The van der Waals surface area contributed by atoms with E-state index in [1.807, 2.05) is 0 Å². The van der Waals surface area contributed by atoms with E-state index in [4.69, 9.17) is 5.10 Å². The Hall–Kier alpha value is -0.426. The minimum Gasteiger partial charge on any atom is -0.350 e. The molecule has 0 N–H and O–H groups in total. The van der Waals surface area contributed by atoms with Gasteiger partial charge < -0.3 is 9.13 Å². The molecule has 3 nitrogen and oxygen atoms in total. The summed E-state index contributed by atoms with van der Waals surface area (Å²) in [5.41, 5.74) is 0. The molecule has 0 aromatic heterocycles. The third-order valence-corrected chi connectivity index (χ3v) is 13.1. The van der Waals surface area contributed by atoms with E-state index < -0.39 is 16.5 Å². The highest BCUT2D eigenvalue weighted by molar-refractivity contribution is 6.91. The zero-order valence-corrected chi connectivity index (χ0v) is 14.4. The van der Waals surface area contributed by atoms with E-state index >= 15 is 0 Å². The van der Waals surface area contributed by atoms with Crippen LogP contribution in [-0.4, -0.2) is 33.3 Å². The van der Waals surface area contributed by atoms with Crippen molar-refractivity contribution in [3.05, 3.63) is 0 Å². The van der Waals surface area contributed by atoms with Gasteiger partial charge in [-0.05, 0) is 31.4 Å². The molecule has 0 unspecified atom stereocenters. The molecule has 0 aromatic carbocycles. The Morgan fingerprint density at radius 1 is 1.06 bits per heavy atom.